The number of aliphatic hydroxyl groups excluding tert-OH is 1. The zero-order chi connectivity index (χ0) is 24.3. The summed E-state index contributed by atoms with van der Waals surface area (Å²) in [6, 6.07) is -0.608. The first-order valence-corrected chi connectivity index (χ1v) is 14.4. The van der Waals surface area contributed by atoms with Crippen LogP contribution in [0.3, 0.4) is 0 Å². The Labute approximate surface area is 206 Å². The number of aliphatic carboxylic acids is 1. The van der Waals surface area contributed by atoms with Crippen LogP contribution in [0.2, 0.25) is 0 Å². The summed E-state index contributed by atoms with van der Waals surface area (Å²) in [6.07, 6.45) is 13.9. The summed E-state index contributed by atoms with van der Waals surface area (Å²) >= 11 is 0. The van der Waals surface area contributed by atoms with Crippen LogP contribution in [-0.4, -0.2) is 45.7 Å². The molecule has 5 fully saturated rings. The minimum absolute atomic E-state index is 0.0471. The number of aliphatic hydroxyl groups is 1. The van der Waals surface area contributed by atoms with E-state index < -0.39 is 12.0 Å². The number of nitrogens with zero attached hydrogens (tertiary/aromatic N) is 1. The van der Waals surface area contributed by atoms with Gasteiger partial charge in [0.15, 0.2) is 0 Å². The summed E-state index contributed by atoms with van der Waals surface area (Å²) in [4.78, 5) is 26.0. The fraction of sp³-hybridized carbons (Fsp3) is 0.931. The van der Waals surface area contributed by atoms with Gasteiger partial charge < -0.3 is 15.1 Å². The molecule has 0 radical (unpaired) electrons. The predicted molar refractivity (Wildman–Crippen MR) is 132 cm³/mol. The van der Waals surface area contributed by atoms with Crippen LogP contribution in [0.5, 0.6) is 0 Å². The summed E-state index contributed by atoms with van der Waals surface area (Å²) in [5.74, 6) is 3.59. The number of fused-ring (bicyclic) bond motifs is 5. The molecule has 34 heavy (non-hydrogen) atoms. The molecule has 1 aliphatic heterocycles. The average Bonchev–Trinajstić information content (AvgIpc) is 3.42. The van der Waals surface area contributed by atoms with Gasteiger partial charge >= 0.3 is 5.97 Å². The number of hydrogen-bond donors (Lipinski definition) is 2. The highest BCUT2D eigenvalue weighted by atomic mass is 16.4. The SMILES string of the molecule is CC(CCC(=O)N1CCCC1C(=O)O)[C@H]1CC[C@H]2[C@@H]3CC[C@@H]4C[C@H](O)CC[C@]4(C)[C@H]3CC[C@]12C. The topological polar surface area (TPSA) is 77.8 Å². The van der Waals surface area contributed by atoms with Gasteiger partial charge in [-0.3, -0.25) is 4.79 Å². The van der Waals surface area contributed by atoms with Crippen molar-refractivity contribution in [3.8, 4) is 0 Å². The van der Waals surface area contributed by atoms with Gasteiger partial charge in [0.25, 0.3) is 0 Å². The monoisotopic (exact) mass is 473 g/mol. The zero-order valence-electron chi connectivity index (χ0n) is 21.7. The van der Waals surface area contributed by atoms with Crippen LogP contribution in [0.25, 0.3) is 0 Å². The van der Waals surface area contributed by atoms with Crippen molar-refractivity contribution in [2.75, 3.05) is 6.54 Å². The molecule has 0 aromatic carbocycles. The molecule has 192 valence electrons. The quantitative estimate of drug-likeness (QED) is 0.553. The van der Waals surface area contributed by atoms with Crippen LogP contribution in [0.15, 0.2) is 0 Å². The van der Waals surface area contributed by atoms with Gasteiger partial charge in [-0.2, -0.15) is 0 Å². The van der Waals surface area contributed by atoms with Gasteiger partial charge in [0, 0.05) is 13.0 Å². The Kier molecular flexibility index (Phi) is 6.57. The van der Waals surface area contributed by atoms with Gasteiger partial charge in [0.1, 0.15) is 6.04 Å². The van der Waals surface area contributed by atoms with Crippen LogP contribution >= 0.6 is 0 Å². The van der Waals surface area contributed by atoms with Crippen molar-refractivity contribution >= 4 is 11.9 Å². The number of carbonyl (C=O) groups is 2. The summed E-state index contributed by atoms with van der Waals surface area (Å²) in [5, 5.41) is 19.7. The van der Waals surface area contributed by atoms with E-state index >= 15 is 0 Å². The number of carboxylic acids is 1. The van der Waals surface area contributed by atoms with Gasteiger partial charge in [0.2, 0.25) is 5.91 Å². The lowest BCUT2D eigenvalue weighted by molar-refractivity contribution is -0.148. The van der Waals surface area contributed by atoms with E-state index in [4.69, 9.17) is 0 Å². The fourth-order valence-electron chi connectivity index (χ4n) is 10.2. The molecule has 5 aliphatic rings. The molecular formula is C29H47NO4. The number of carboxylic acid groups (broad SMARTS) is 1. The van der Waals surface area contributed by atoms with Crippen LogP contribution in [0.1, 0.15) is 104 Å². The van der Waals surface area contributed by atoms with Crippen molar-refractivity contribution in [3.63, 3.8) is 0 Å². The molecular weight excluding hydrogens is 426 g/mol. The molecule has 10 atom stereocenters. The van der Waals surface area contributed by atoms with Crippen LogP contribution in [0, 0.1) is 46.3 Å². The summed E-state index contributed by atoms with van der Waals surface area (Å²) < 4.78 is 0. The second-order valence-corrected chi connectivity index (χ2v) is 13.4. The lowest BCUT2D eigenvalue weighted by atomic mass is 9.44. The van der Waals surface area contributed by atoms with E-state index in [0.29, 0.717) is 48.0 Å². The maximum Gasteiger partial charge on any atom is 0.326 e. The maximum absolute atomic E-state index is 12.9. The van der Waals surface area contributed by atoms with Crippen LogP contribution in [0.4, 0.5) is 0 Å². The minimum atomic E-state index is -0.849. The number of amides is 1. The van der Waals surface area contributed by atoms with E-state index in [9.17, 15) is 19.8 Å². The van der Waals surface area contributed by atoms with E-state index in [1.165, 1.54) is 44.9 Å². The zero-order valence-corrected chi connectivity index (χ0v) is 21.7. The summed E-state index contributed by atoms with van der Waals surface area (Å²) in [5.41, 5.74) is 0.814. The third-order valence-electron chi connectivity index (χ3n) is 12.1. The molecule has 5 heteroatoms. The maximum atomic E-state index is 12.9. The van der Waals surface area contributed by atoms with Gasteiger partial charge in [-0.25, -0.2) is 4.79 Å². The molecule has 0 spiro atoms. The first-order valence-electron chi connectivity index (χ1n) is 14.4. The Morgan fingerprint density at radius 3 is 2.47 bits per heavy atom. The Bertz CT molecular complexity index is 799. The molecule has 0 bridgehead atoms. The molecule has 4 aliphatic carbocycles. The molecule has 2 N–H and O–H groups in total. The highest BCUT2D eigenvalue weighted by molar-refractivity contribution is 5.84. The van der Waals surface area contributed by atoms with E-state index in [2.05, 4.69) is 20.8 Å². The minimum Gasteiger partial charge on any atom is -0.480 e. The molecule has 5 nitrogen and oxygen atoms in total. The largest absolute Gasteiger partial charge is 0.480 e. The molecule has 5 rings (SSSR count). The molecule has 1 heterocycles. The molecule has 1 amide bonds. The van der Waals surface area contributed by atoms with Crippen molar-refractivity contribution in [2.45, 2.75) is 116 Å². The van der Waals surface area contributed by atoms with E-state index in [-0.39, 0.29) is 12.0 Å². The molecule has 1 saturated heterocycles. The normalized spacial score (nSPS) is 46.9. The van der Waals surface area contributed by atoms with Gasteiger partial charge in [-0.1, -0.05) is 20.8 Å². The van der Waals surface area contributed by atoms with Crippen LogP contribution < -0.4 is 0 Å². The lowest BCUT2D eigenvalue weighted by Gasteiger charge is -2.61. The summed E-state index contributed by atoms with van der Waals surface area (Å²) in [6.45, 7) is 8.10. The van der Waals surface area contributed by atoms with E-state index in [0.717, 1.165) is 43.4 Å². The first-order chi connectivity index (χ1) is 16.1. The van der Waals surface area contributed by atoms with Gasteiger partial charge in [-0.05, 0) is 123 Å². The number of hydrogen-bond acceptors (Lipinski definition) is 3. The van der Waals surface area contributed by atoms with Crippen molar-refractivity contribution in [1.82, 2.24) is 4.90 Å². The fourth-order valence-corrected chi connectivity index (χ4v) is 10.2. The standard InChI is InChI=1S/C29H47NO4/c1-18(6-11-26(32)30-16-4-5-25(30)27(33)34)22-9-10-23-21-8-7-19-17-20(31)12-14-28(19,2)24(21)13-15-29(22,23)3/h18-25,31H,4-17H2,1-3H3,(H,33,34)/t18?,19-,20-,21+,22-,23+,24+,25?,28+,29-/m1/s1. The number of carbonyl (C=O) groups excluding carboxylic acids is 1. The molecule has 0 aromatic rings. The number of rotatable bonds is 5. The lowest BCUT2D eigenvalue weighted by Crippen LogP contribution is -2.54. The predicted octanol–water partition coefficient (Wildman–Crippen LogP) is 5.50. The van der Waals surface area contributed by atoms with Gasteiger partial charge in [0.05, 0.1) is 6.10 Å². The van der Waals surface area contributed by atoms with Crippen molar-refractivity contribution in [1.29, 1.82) is 0 Å². The third-order valence-corrected chi connectivity index (χ3v) is 12.1. The number of likely N-dealkylation sites (tertiary alicyclic amines) is 1. The Morgan fingerprint density at radius 2 is 1.71 bits per heavy atom. The Balaban J connectivity index is 1.23. The van der Waals surface area contributed by atoms with E-state index in [1.54, 1.807) is 4.90 Å². The average molecular weight is 474 g/mol. The second-order valence-electron chi connectivity index (χ2n) is 13.4. The summed E-state index contributed by atoms with van der Waals surface area (Å²) in [7, 11) is 0. The van der Waals surface area contributed by atoms with Crippen molar-refractivity contribution in [3.05, 3.63) is 0 Å². The Hall–Kier alpha value is -1.10. The third kappa shape index (κ3) is 3.92. The smallest absolute Gasteiger partial charge is 0.326 e. The molecule has 0 aromatic heterocycles. The first kappa shape index (κ1) is 24.6. The highest BCUT2D eigenvalue weighted by Crippen LogP contribution is 2.68. The van der Waals surface area contributed by atoms with Crippen LogP contribution in [-0.2, 0) is 9.59 Å². The molecule has 4 saturated carbocycles. The van der Waals surface area contributed by atoms with Crippen molar-refractivity contribution in [2.24, 2.45) is 46.3 Å². The van der Waals surface area contributed by atoms with Gasteiger partial charge in [-0.15, -0.1) is 0 Å². The van der Waals surface area contributed by atoms with E-state index in [1.807, 2.05) is 0 Å². The Morgan fingerprint density at radius 1 is 0.971 bits per heavy atom. The molecule has 2 unspecified atom stereocenters. The second kappa shape index (κ2) is 9.09. The van der Waals surface area contributed by atoms with Crippen molar-refractivity contribution < 1.29 is 19.8 Å². The highest BCUT2D eigenvalue weighted by Gasteiger charge is 2.60.